The highest BCUT2D eigenvalue weighted by Gasteiger charge is 1.99. The summed E-state index contributed by atoms with van der Waals surface area (Å²) in [5, 5.41) is 2.80. The number of rotatable bonds is 5. The Morgan fingerprint density at radius 1 is 0.905 bits per heavy atom. The summed E-state index contributed by atoms with van der Waals surface area (Å²) < 4.78 is 31.6. The smallest absolute Gasteiger partial charge is 0.264 e. The van der Waals surface area contributed by atoms with Crippen molar-refractivity contribution in [3.63, 3.8) is 0 Å². The Hall–Kier alpha value is -1.43. The summed E-state index contributed by atoms with van der Waals surface area (Å²) >= 11 is 0. The van der Waals surface area contributed by atoms with E-state index in [0.29, 0.717) is 0 Å². The molecule has 2 aromatic rings. The predicted octanol–water partition coefficient (Wildman–Crippen LogP) is 4.31. The van der Waals surface area contributed by atoms with E-state index in [9.17, 15) is 0 Å². The van der Waals surface area contributed by atoms with E-state index in [0.717, 1.165) is 0 Å². The van der Waals surface area contributed by atoms with E-state index in [1.807, 2.05) is 0 Å². The maximum Gasteiger partial charge on any atom is 0.394 e. The van der Waals surface area contributed by atoms with Crippen molar-refractivity contribution in [3.05, 3.63) is 48.0 Å². The van der Waals surface area contributed by atoms with Crippen molar-refractivity contribution in [1.29, 1.82) is 0 Å². The second kappa shape index (κ2) is 8.77. The van der Waals surface area contributed by atoms with Crippen molar-refractivity contribution >= 4 is 21.2 Å². The first kappa shape index (κ1) is 17.6. The van der Waals surface area contributed by atoms with Gasteiger partial charge in [-0.3, -0.25) is 9.11 Å². The van der Waals surface area contributed by atoms with Gasteiger partial charge in [0.2, 0.25) is 0 Å². The van der Waals surface area contributed by atoms with Gasteiger partial charge in [-0.2, -0.15) is 8.42 Å². The molecule has 0 aliphatic heterocycles. The van der Waals surface area contributed by atoms with E-state index < -0.39 is 10.4 Å². The molecule has 5 heteroatoms. The molecular formula is C16H22O4S. The molecule has 0 spiro atoms. The van der Waals surface area contributed by atoms with E-state index in [-0.39, 0.29) is 0 Å². The molecular weight excluding hydrogens is 288 g/mol. The maximum atomic E-state index is 8.74. The second-order valence-corrected chi connectivity index (χ2v) is 5.79. The Balaban J connectivity index is 0.000000383. The zero-order chi connectivity index (χ0) is 15.7. The lowest BCUT2D eigenvalue weighted by atomic mass is 9.99. The Morgan fingerprint density at radius 3 is 2.19 bits per heavy atom. The summed E-state index contributed by atoms with van der Waals surface area (Å²) in [5.74, 6) is 0. The highest BCUT2D eigenvalue weighted by atomic mass is 32.3. The SMILES string of the molecule is CCCCCCc1cccc2ccccc12.O=S(=O)(O)O. The number of hydrogen-bond donors (Lipinski definition) is 2. The predicted molar refractivity (Wildman–Crippen MR) is 86.0 cm³/mol. The molecule has 4 nitrogen and oxygen atoms in total. The van der Waals surface area contributed by atoms with Crippen LogP contribution in [0.1, 0.15) is 38.2 Å². The van der Waals surface area contributed by atoms with Crippen LogP contribution < -0.4 is 0 Å². The fraction of sp³-hybridized carbons (Fsp3) is 0.375. The van der Waals surface area contributed by atoms with Gasteiger partial charge in [0, 0.05) is 0 Å². The second-order valence-electron chi connectivity index (χ2n) is 4.90. The quantitative estimate of drug-likeness (QED) is 0.637. The molecule has 21 heavy (non-hydrogen) atoms. The summed E-state index contributed by atoms with van der Waals surface area (Å²) in [6.45, 7) is 2.26. The van der Waals surface area contributed by atoms with Gasteiger partial charge in [0.05, 0.1) is 0 Å². The molecule has 116 valence electrons. The van der Waals surface area contributed by atoms with Crippen LogP contribution in [0, 0.1) is 0 Å². The van der Waals surface area contributed by atoms with Gasteiger partial charge in [0.25, 0.3) is 0 Å². The minimum Gasteiger partial charge on any atom is -0.264 e. The van der Waals surface area contributed by atoms with Gasteiger partial charge >= 0.3 is 10.4 Å². The monoisotopic (exact) mass is 310 g/mol. The van der Waals surface area contributed by atoms with Crippen LogP contribution in [0.4, 0.5) is 0 Å². The number of hydrogen-bond acceptors (Lipinski definition) is 2. The molecule has 0 bridgehead atoms. The van der Waals surface area contributed by atoms with Crippen LogP contribution in [0.5, 0.6) is 0 Å². The molecule has 0 saturated carbocycles. The van der Waals surface area contributed by atoms with Crippen LogP contribution in [0.25, 0.3) is 10.8 Å². The normalized spacial score (nSPS) is 11.0. The van der Waals surface area contributed by atoms with Crippen molar-refractivity contribution in [2.24, 2.45) is 0 Å². The Bertz CT molecular complexity index is 637. The van der Waals surface area contributed by atoms with E-state index in [4.69, 9.17) is 17.5 Å². The maximum absolute atomic E-state index is 8.74. The third-order valence-electron chi connectivity index (χ3n) is 3.18. The minimum absolute atomic E-state index is 1.22. The van der Waals surface area contributed by atoms with Crippen molar-refractivity contribution in [1.82, 2.24) is 0 Å². The van der Waals surface area contributed by atoms with Gasteiger partial charge in [-0.15, -0.1) is 0 Å². The molecule has 0 aliphatic rings. The molecule has 0 atom stereocenters. The largest absolute Gasteiger partial charge is 0.394 e. The van der Waals surface area contributed by atoms with Crippen LogP contribution in [0.15, 0.2) is 42.5 Å². The molecule has 2 rings (SSSR count). The van der Waals surface area contributed by atoms with Gasteiger partial charge in [-0.05, 0) is 29.2 Å². The molecule has 2 aromatic carbocycles. The fourth-order valence-electron chi connectivity index (χ4n) is 2.25. The molecule has 0 heterocycles. The summed E-state index contributed by atoms with van der Waals surface area (Å²) in [7, 11) is -4.67. The Morgan fingerprint density at radius 2 is 1.52 bits per heavy atom. The van der Waals surface area contributed by atoms with E-state index >= 15 is 0 Å². The fourth-order valence-corrected chi connectivity index (χ4v) is 2.25. The van der Waals surface area contributed by atoms with Gasteiger partial charge in [-0.25, -0.2) is 0 Å². The van der Waals surface area contributed by atoms with Gasteiger partial charge in [0.15, 0.2) is 0 Å². The summed E-state index contributed by atoms with van der Waals surface area (Å²) in [5.41, 5.74) is 1.51. The first-order chi connectivity index (χ1) is 9.92. The molecule has 0 aliphatic carbocycles. The van der Waals surface area contributed by atoms with Crippen LogP contribution in [-0.2, 0) is 16.8 Å². The lowest BCUT2D eigenvalue weighted by Gasteiger charge is -2.06. The zero-order valence-electron chi connectivity index (χ0n) is 12.2. The van der Waals surface area contributed by atoms with Crippen molar-refractivity contribution in [2.75, 3.05) is 0 Å². The van der Waals surface area contributed by atoms with Crippen LogP contribution in [-0.4, -0.2) is 17.5 Å². The number of benzene rings is 2. The Kier molecular flexibility index (Phi) is 7.36. The van der Waals surface area contributed by atoms with Crippen molar-refractivity contribution in [2.45, 2.75) is 39.0 Å². The molecule has 0 saturated heterocycles. The van der Waals surface area contributed by atoms with Crippen molar-refractivity contribution in [3.8, 4) is 0 Å². The minimum atomic E-state index is -4.67. The van der Waals surface area contributed by atoms with E-state index in [1.165, 1.54) is 48.4 Å². The third kappa shape index (κ3) is 7.80. The number of unbranched alkanes of at least 4 members (excludes halogenated alkanes) is 3. The highest BCUT2D eigenvalue weighted by Crippen LogP contribution is 2.20. The topological polar surface area (TPSA) is 74.6 Å². The molecule has 0 amide bonds. The summed E-state index contributed by atoms with van der Waals surface area (Å²) in [6.07, 6.45) is 6.59. The van der Waals surface area contributed by atoms with Gasteiger partial charge in [0.1, 0.15) is 0 Å². The summed E-state index contributed by atoms with van der Waals surface area (Å²) in [4.78, 5) is 0. The molecule has 0 radical (unpaired) electrons. The average Bonchev–Trinajstić information content (AvgIpc) is 2.42. The summed E-state index contributed by atoms with van der Waals surface area (Å²) in [6, 6.07) is 15.3. The van der Waals surface area contributed by atoms with E-state index in [1.54, 1.807) is 0 Å². The van der Waals surface area contributed by atoms with E-state index in [2.05, 4.69) is 49.4 Å². The Labute approximate surface area is 126 Å². The van der Waals surface area contributed by atoms with Crippen LogP contribution >= 0.6 is 0 Å². The van der Waals surface area contributed by atoms with Crippen molar-refractivity contribution < 1.29 is 17.5 Å². The first-order valence-electron chi connectivity index (χ1n) is 7.08. The lowest BCUT2D eigenvalue weighted by molar-refractivity contribution is 0.381. The van der Waals surface area contributed by atoms with Crippen LogP contribution in [0.3, 0.4) is 0 Å². The average molecular weight is 310 g/mol. The van der Waals surface area contributed by atoms with Gasteiger partial charge < -0.3 is 0 Å². The first-order valence-corrected chi connectivity index (χ1v) is 8.48. The third-order valence-corrected chi connectivity index (χ3v) is 3.18. The molecule has 0 fully saturated rings. The standard InChI is InChI=1S/C16H20.H2O4S/c1-2-3-4-5-9-14-11-8-12-15-10-6-7-13-16(14)15;1-5(2,3)4/h6-8,10-13H,2-5,9H2,1H3;(H2,1,2,3,4). The number of fused-ring (bicyclic) bond motifs is 1. The molecule has 0 unspecified atom stereocenters. The lowest BCUT2D eigenvalue weighted by Crippen LogP contribution is -1.89. The molecule has 2 N–H and O–H groups in total. The zero-order valence-corrected chi connectivity index (χ0v) is 13.0. The number of aryl methyl sites for hydroxylation is 1. The highest BCUT2D eigenvalue weighted by molar-refractivity contribution is 7.79. The molecule has 0 aromatic heterocycles. The van der Waals surface area contributed by atoms with Crippen LogP contribution in [0.2, 0.25) is 0 Å². The van der Waals surface area contributed by atoms with Gasteiger partial charge in [-0.1, -0.05) is 68.7 Å².